The Morgan fingerprint density at radius 1 is 1.21 bits per heavy atom. The van der Waals surface area contributed by atoms with Crippen LogP contribution in [0.5, 0.6) is 0 Å². The van der Waals surface area contributed by atoms with Crippen molar-refractivity contribution in [2.45, 2.75) is 26.3 Å². The van der Waals surface area contributed by atoms with Crippen molar-refractivity contribution in [1.29, 1.82) is 0 Å². The van der Waals surface area contributed by atoms with Crippen LogP contribution in [0.25, 0.3) is 0 Å². The largest absolute Gasteiger partial charge is 0.369 e. The Morgan fingerprint density at radius 2 is 1.89 bits per heavy atom. The second-order valence-electron chi connectivity index (χ2n) is 5.29. The molecule has 0 fully saturated rings. The first-order valence-corrected chi connectivity index (χ1v) is 7.69. The molecular formula is C15H26BrN3. The first-order valence-electron chi connectivity index (χ1n) is 6.90. The van der Waals surface area contributed by atoms with Gasteiger partial charge in [-0.2, -0.15) is 0 Å². The zero-order valence-corrected chi connectivity index (χ0v) is 14.1. The minimum absolute atomic E-state index is 0.0757. The fourth-order valence-electron chi connectivity index (χ4n) is 2.01. The Morgan fingerprint density at radius 3 is 2.37 bits per heavy atom. The number of halogens is 1. The first kappa shape index (κ1) is 16.5. The molecule has 0 saturated carbocycles. The molecule has 0 aliphatic rings. The highest BCUT2D eigenvalue weighted by Gasteiger charge is 2.11. The highest BCUT2D eigenvalue weighted by atomic mass is 79.9. The van der Waals surface area contributed by atoms with Gasteiger partial charge in [-0.1, -0.05) is 13.0 Å². The summed E-state index contributed by atoms with van der Waals surface area (Å²) >= 11 is 3.68. The number of hydrogen-bond acceptors (Lipinski definition) is 3. The van der Waals surface area contributed by atoms with Gasteiger partial charge in [0.05, 0.1) is 5.69 Å². The predicted molar refractivity (Wildman–Crippen MR) is 87.8 cm³/mol. The van der Waals surface area contributed by atoms with E-state index in [1.807, 2.05) is 6.92 Å². The smallest absolute Gasteiger partial charge is 0.0511 e. The summed E-state index contributed by atoms with van der Waals surface area (Å²) in [7, 11) is 4.22. The molecule has 0 bridgehead atoms. The maximum absolute atomic E-state index is 5.92. The molecule has 3 nitrogen and oxygen atoms in total. The molecule has 0 heterocycles. The van der Waals surface area contributed by atoms with Gasteiger partial charge in [0, 0.05) is 30.1 Å². The summed E-state index contributed by atoms with van der Waals surface area (Å²) in [5, 5.41) is 0. The van der Waals surface area contributed by atoms with Crippen LogP contribution in [0.4, 0.5) is 5.69 Å². The zero-order chi connectivity index (χ0) is 14.4. The Balaban J connectivity index is 2.89. The summed E-state index contributed by atoms with van der Waals surface area (Å²) < 4.78 is 1.13. The molecule has 0 radical (unpaired) electrons. The second-order valence-corrected chi connectivity index (χ2v) is 6.14. The third kappa shape index (κ3) is 5.13. The molecule has 0 aliphatic carbocycles. The van der Waals surface area contributed by atoms with Crippen LogP contribution in [0.3, 0.4) is 0 Å². The van der Waals surface area contributed by atoms with Gasteiger partial charge in [0.1, 0.15) is 0 Å². The monoisotopic (exact) mass is 327 g/mol. The van der Waals surface area contributed by atoms with Gasteiger partial charge >= 0.3 is 0 Å². The van der Waals surface area contributed by atoms with Crippen LogP contribution in [-0.2, 0) is 0 Å². The quantitative estimate of drug-likeness (QED) is 0.834. The lowest BCUT2D eigenvalue weighted by Gasteiger charge is -2.27. The van der Waals surface area contributed by atoms with Gasteiger partial charge in [-0.3, -0.25) is 0 Å². The van der Waals surface area contributed by atoms with Crippen molar-refractivity contribution in [3.63, 3.8) is 0 Å². The average Bonchev–Trinajstić information content (AvgIpc) is 2.34. The maximum atomic E-state index is 5.92. The van der Waals surface area contributed by atoms with Gasteiger partial charge in [-0.25, -0.2) is 0 Å². The zero-order valence-electron chi connectivity index (χ0n) is 12.5. The van der Waals surface area contributed by atoms with Crippen LogP contribution in [0.15, 0.2) is 22.7 Å². The lowest BCUT2D eigenvalue weighted by Crippen LogP contribution is -2.32. The molecule has 1 aromatic rings. The van der Waals surface area contributed by atoms with Crippen LogP contribution in [-0.4, -0.2) is 38.6 Å². The van der Waals surface area contributed by atoms with Gasteiger partial charge in [0.25, 0.3) is 0 Å². The van der Waals surface area contributed by atoms with Crippen LogP contribution >= 0.6 is 15.9 Å². The topological polar surface area (TPSA) is 32.5 Å². The number of nitrogens with two attached hydrogens (primary N) is 1. The van der Waals surface area contributed by atoms with E-state index in [-0.39, 0.29) is 6.04 Å². The van der Waals surface area contributed by atoms with Gasteiger partial charge < -0.3 is 15.5 Å². The molecule has 19 heavy (non-hydrogen) atoms. The lowest BCUT2D eigenvalue weighted by atomic mass is 10.1. The van der Waals surface area contributed by atoms with E-state index in [2.05, 4.69) is 64.9 Å². The summed E-state index contributed by atoms with van der Waals surface area (Å²) in [6.07, 6.45) is 1.15. The molecule has 0 saturated heterocycles. The molecule has 2 N–H and O–H groups in total. The molecule has 108 valence electrons. The highest BCUT2D eigenvalue weighted by molar-refractivity contribution is 9.10. The fraction of sp³-hybridized carbons (Fsp3) is 0.600. The third-order valence-electron chi connectivity index (χ3n) is 3.15. The van der Waals surface area contributed by atoms with Crippen molar-refractivity contribution >= 4 is 21.6 Å². The standard InChI is InChI=1S/C15H26BrN3/c1-5-8-19(10-9-18(3)4)15-7-6-13(12(2)17)11-14(15)16/h6-7,11-12H,5,8-10,17H2,1-4H3/t12-/m0/s1. The van der Waals surface area contributed by atoms with Gasteiger partial charge in [-0.05, 0) is 61.1 Å². The molecule has 0 spiro atoms. The van der Waals surface area contributed by atoms with E-state index in [9.17, 15) is 0 Å². The number of likely N-dealkylation sites (N-methyl/N-ethyl adjacent to an activating group) is 1. The van der Waals surface area contributed by atoms with Crippen LogP contribution in [0, 0.1) is 0 Å². The molecular weight excluding hydrogens is 302 g/mol. The third-order valence-corrected chi connectivity index (χ3v) is 3.78. The summed E-state index contributed by atoms with van der Waals surface area (Å²) in [6, 6.07) is 6.52. The molecule has 4 heteroatoms. The summed E-state index contributed by atoms with van der Waals surface area (Å²) in [4.78, 5) is 4.64. The van der Waals surface area contributed by atoms with Crippen LogP contribution in [0.1, 0.15) is 31.9 Å². The van der Waals surface area contributed by atoms with Gasteiger partial charge in [0.2, 0.25) is 0 Å². The maximum Gasteiger partial charge on any atom is 0.0511 e. The van der Waals surface area contributed by atoms with Crippen molar-refractivity contribution < 1.29 is 0 Å². The van der Waals surface area contributed by atoms with Gasteiger partial charge in [0.15, 0.2) is 0 Å². The number of rotatable bonds is 7. The molecule has 0 aromatic heterocycles. The Hall–Kier alpha value is -0.580. The van der Waals surface area contributed by atoms with E-state index < -0.39 is 0 Å². The Labute approximate surface area is 125 Å². The van der Waals surface area contributed by atoms with Crippen molar-refractivity contribution in [3.8, 4) is 0 Å². The molecule has 0 amide bonds. The molecule has 0 aliphatic heterocycles. The van der Waals surface area contributed by atoms with E-state index in [1.54, 1.807) is 0 Å². The minimum atomic E-state index is 0.0757. The van der Waals surface area contributed by atoms with E-state index >= 15 is 0 Å². The molecule has 1 rings (SSSR count). The number of hydrogen-bond donors (Lipinski definition) is 1. The first-order chi connectivity index (χ1) is 8.95. The second kappa shape index (κ2) is 7.88. The van der Waals surface area contributed by atoms with Crippen LogP contribution in [0.2, 0.25) is 0 Å². The number of benzene rings is 1. The summed E-state index contributed by atoms with van der Waals surface area (Å²) in [6.45, 7) is 7.40. The number of anilines is 1. The van der Waals surface area contributed by atoms with Crippen molar-refractivity contribution in [2.24, 2.45) is 5.73 Å². The van der Waals surface area contributed by atoms with Crippen LogP contribution < -0.4 is 10.6 Å². The van der Waals surface area contributed by atoms with E-state index in [0.717, 1.165) is 30.5 Å². The van der Waals surface area contributed by atoms with Crippen molar-refractivity contribution in [3.05, 3.63) is 28.2 Å². The molecule has 0 unspecified atom stereocenters. The lowest BCUT2D eigenvalue weighted by molar-refractivity contribution is 0.413. The van der Waals surface area contributed by atoms with E-state index in [0.29, 0.717) is 0 Å². The van der Waals surface area contributed by atoms with Gasteiger partial charge in [-0.15, -0.1) is 0 Å². The summed E-state index contributed by atoms with van der Waals surface area (Å²) in [5.41, 5.74) is 8.35. The van der Waals surface area contributed by atoms with Crippen molar-refractivity contribution in [1.82, 2.24) is 4.90 Å². The highest BCUT2D eigenvalue weighted by Crippen LogP contribution is 2.29. The number of nitrogens with zero attached hydrogens (tertiary/aromatic N) is 2. The predicted octanol–water partition coefficient (Wildman–Crippen LogP) is 3.25. The normalized spacial score (nSPS) is 12.8. The molecule has 1 aromatic carbocycles. The average molecular weight is 328 g/mol. The van der Waals surface area contributed by atoms with E-state index in [4.69, 9.17) is 5.73 Å². The minimum Gasteiger partial charge on any atom is -0.369 e. The fourth-order valence-corrected chi connectivity index (χ4v) is 2.65. The Bertz CT molecular complexity index is 391. The summed E-state index contributed by atoms with van der Waals surface area (Å²) in [5.74, 6) is 0. The van der Waals surface area contributed by atoms with Crippen molar-refractivity contribution in [2.75, 3.05) is 38.6 Å². The Kier molecular flexibility index (Phi) is 6.83. The molecule has 1 atom stereocenters. The SMILES string of the molecule is CCCN(CCN(C)C)c1ccc([C@H](C)N)cc1Br. The van der Waals surface area contributed by atoms with E-state index in [1.165, 1.54) is 11.3 Å².